The van der Waals surface area contributed by atoms with Crippen LogP contribution < -0.4 is 0 Å². The minimum Gasteiger partial charge on any atom is -0.337 e. The molecule has 0 spiro atoms. The van der Waals surface area contributed by atoms with Gasteiger partial charge in [-0.25, -0.2) is 4.39 Å². The van der Waals surface area contributed by atoms with Gasteiger partial charge < -0.3 is 9.80 Å². The summed E-state index contributed by atoms with van der Waals surface area (Å²) in [6.07, 6.45) is 0.945. The van der Waals surface area contributed by atoms with E-state index in [0.717, 1.165) is 38.2 Å². The number of rotatable bonds is 2. The van der Waals surface area contributed by atoms with E-state index in [2.05, 4.69) is 16.8 Å². The number of piperazine rings is 1. The van der Waals surface area contributed by atoms with Crippen molar-refractivity contribution < 1.29 is 9.18 Å². The van der Waals surface area contributed by atoms with Gasteiger partial charge in [0.1, 0.15) is 5.82 Å². The highest BCUT2D eigenvalue weighted by atomic mass is 35.5. The maximum Gasteiger partial charge on any atom is 0.258 e. The zero-order valence-corrected chi connectivity index (χ0v) is 14.4. The summed E-state index contributed by atoms with van der Waals surface area (Å²) in [5, 5.41) is 0.234. The van der Waals surface area contributed by atoms with E-state index < -0.39 is 5.82 Å². The maximum atomic E-state index is 14.1. The third-order valence-electron chi connectivity index (χ3n) is 5.00. The van der Waals surface area contributed by atoms with E-state index in [1.54, 1.807) is 17.9 Å². The number of hydrogen-bond acceptors (Lipinski definition) is 3. The largest absolute Gasteiger partial charge is 0.337 e. The molecule has 2 aliphatic heterocycles. The van der Waals surface area contributed by atoms with Gasteiger partial charge >= 0.3 is 0 Å². The van der Waals surface area contributed by atoms with Crippen LogP contribution in [-0.4, -0.2) is 73.0 Å². The molecule has 0 aliphatic carbocycles. The summed E-state index contributed by atoms with van der Waals surface area (Å²) >= 11 is 6.17. The van der Waals surface area contributed by atoms with Crippen molar-refractivity contribution in [2.24, 2.45) is 0 Å². The Morgan fingerprint density at radius 1 is 1.22 bits per heavy atom. The number of likely N-dealkylation sites (N-methyl/N-ethyl adjacent to an activating group) is 1. The van der Waals surface area contributed by atoms with Gasteiger partial charge in [-0.15, -0.1) is 0 Å². The van der Waals surface area contributed by atoms with E-state index in [1.165, 1.54) is 6.07 Å². The van der Waals surface area contributed by atoms with Gasteiger partial charge in [-0.3, -0.25) is 9.69 Å². The molecule has 2 fully saturated rings. The van der Waals surface area contributed by atoms with Crippen molar-refractivity contribution in [1.29, 1.82) is 0 Å². The first kappa shape index (κ1) is 16.7. The number of halogens is 2. The molecule has 2 aliphatic rings. The third-order valence-corrected chi connectivity index (χ3v) is 5.49. The molecule has 2 saturated heterocycles. The lowest BCUT2D eigenvalue weighted by Gasteiger charge is -2.36. The van der Waals surface area contributed by atoms with Gasteiger partial charge in [0.05, 0.1) is 10.6 Å². The predicted octanol–water partition coefficient (Wildman–Crippen LogP) is 2.25. The highest BCUT2D eigenvalue weighted by molar-refractivity contribution is 6.34. The lowest BCUT2D eigenvalue weighted by molar-refractivity contribution is 0.0751. The lowest BCUT2D eigenvalue weighted by Crippen LogP contribution is -2.50. The summed E-state index contributed by atoms with van der Waals surface area (Å²) < 4.78 is 14.1. The number of hydrogen-bond donors (Lipinski definition) is 0. The molecule has 1 aromatic rings. The van der Waals surface area contributed by atoms with Gasteiger partial charge in [0, 0.05) is 45.3 Å². The van der Waals surface area contributed by atoms with Crippen LogP contribution in [0.25, 0.3) is 0 Å². The van der Waals surface area contributed by atoms with Gasteiger partial charge in [-0.2, -0.15) is 0 Å². The molecule has 1 aromatic carbocycles. The van der Waals surface area contributed by atoms with Crippen LogP contribution >= 0.6 is 11.6 Å². The van der Waals surface area contributed by atoms with Crippen molar-refractivity contribution in [3.05, 3.63) is 34.1 Å². The van der Waals surface area contributed by atoms with Crippen LogP contribution in [-0.2, 0) is 0 Å². The fraction of sp³-hybridized carbons (Fsp3) is 0.588. The standard InChI is InChI=1S/C17H23ClFN3O/c1-12-3-4-14(19)15(16(12)18)17(23)22-6-5-13(11-22)21-9-7-20(2)8-10-21/h3-4,13H,5-11H2,1-2H3. The Labute approximate surface area is 141 Å². The Morgan fingerprint density at radius 3 is 2.61 bits per heavy atom. The minimum atomic E-state index is -0.534. The van der Waals surface area contributed by atoms with Crippen LogP contribution in [0.15, 0.2) is 12.1 Å². The highest BCUT2D eigenvalue weighted by Gasteiger charge is 2.33. The second-order valence-corrected chi connectivity index (χ2v) is 6.96. The zero-order chi connectivity index (χ0) is 16.6. The monoisotopic (exact) mass is 339 g/mol. The fourth-order valence-electron chi connectivity index (χ4n) is 3.42. The zero-order valence-electron chi connectivity index (χ0n) is 13.7. The molecular weight excluding hydrogens is 317 g/mol. The summed E-state index contributed by atoms with van der Waals surface area (Å²) in [4.78, 5) is 19.2. The van der Waals surface area contributed by atoms with Crippen LogP contribution in [0.1, 0.15) is 22.3 Å². The molecular formula is C17H23ClFN3O. The number of carbonyl (C=O) groups excluding carboxylic acids is 1. The predicted molar refractivity (Wildman–Crippen MR) is 89.5 cm³/mol. The van der Waals surface area contributed by atoms with Crippen LogP contribution in [0.2, 0.25) is 5.02 Å². The molecule has 23 heavy (non-hydrogen) atoms. The van der Waals surface area contributed by atoms with Crippen LogP contribution in [0.3, 0.4) is 0 Å². The summed E-state index contributed by atoms with van der Waals surface area (Å²) in [7, 11) is 2.13. The molecule has 0 saturated carbocycles. The molecule has 0 radical (unpaired) electrons. The lowest BCUT2D eigenvalue weighted by atomic mass is 10.1. The van der Waals surface area contributed by atoms with Crippen molar-refractivity contribution in [3.8, 4) is 0 Å². The quantitative estimate of drug-likeness (QED) is 0.827. The number of amides is 1. The Kier molecular flexibility index (Phi) is 4.90. The minimum absolute atomic E-state index is 0.0192. The van der Waals surface area contributed by atoms with E-state index in [9.17, 15) is 9.18 Å². The molecule has 0 bridgehead atoms. The molecule has 1 atom stereocenters. The van der Waals surface area contributed by atoms with E-state index in [1.807, 2.05) is 0 Å². The smallest absolute Gasteiger partial charge is 0.258 e. The van der Waals surface area contributed by atoms with Gasteiger partial charge in [-0.1, -0.05) is 17.7 Å². The first-order valence-electron chi connectivity index (χ1n) is 8.14. The van der Waals surface area contributed by atoms with Crippen molar-refractivity contribution in [1.82, 2.24) is 14.7 Å². The van der Waals surface area contributed by atoms with Crippen LogP contribution in [0.4, 0.5) is 4.39 Å². The number of carbonyl (C=O) groups is 1. The van der Waals surface area contributed by atoms with Crippen LogP contribution in [0.5, 0.6) is 0 Å². The van der Waals surface area contributed by atoms with Gasteiger partial charge in [0.2, 0.25) is 0 Å². The Hall–Kier alpha value is -1.17. The van der Waals surface area contributed by atoms with Crippen molar-refractivity contribution in [3.63, 3.8) is 0 Å². The molecule has 3 rings (SSSR count). The molecule has 4 nitrogen and oxygen atoms in total. The maximum absolute atomic E-state index is 14.1. The molecule has 2 heterocycles. The van der Waals surface area contributed by atoms with E-state index in [4.69, 9.17) is 11.6 Å². The first-order valence-corrected chi connectivity index (χ1v) is 8.51. The molecule has 0 aromatic heterocycles. The normalized spacial score (nSPS) is 23.5. The SMILES string of the molecule is Cc1ccc(F)c(C(=O)N2CCC(N3CCN(C)CC3)C2)c1Cl. The fourth-order valence-corrected chi connectivity index (χ4v) is 3.66. The summed E-state index contributed by atoms with van der Waals surface area (Å²) in [5.41, 5.74) is 0.747. The second kappa shape index (κ2) is 6.75. The average Bonchev–Trinajstić information content (AvgIpc) is 3.02. The molecule has 1 amide bonds. The summed E-state index contributed by atoms with van der Waals surface area (Å²) in [6.45, 7) is 7.29. The van der Waals surface area contributed by atoms with E-state index in [0.29, 0.717) is 19.1 Å². The number of aryl methyl sites for hydroxylation is 1. The molecule has 0 N–H and O–H groups in total. The second-order valence-electron chi connectivity index (χ2n) is 6.59. The number of benzene rings is 1. The first-order chi connectivity index (χ1) is 11.0. The average molecular weight is 340 g/mol. The molecule has 1 unspecified atom stereocenters. The van der Waals surface area contributed by atoms with Crippen molar-refractivity contribution in [2.75, 3.05) is 46.3 Å². The van der Waals surface area contributed by atoms with E-state index >= 15 is 0 Å². The number of likely N-dealkylation sites (tertiary alicyclic amines) is 1. The third kappa shape index (κ3) is 3.37. The Balaban J connectivity index is 1.70. The topological polar surface area (TPSA) is 26.8 Å². The Morgan fingerprint density at radius 2 is 1.91 bits per heavy atom. The Bertz CT molecular complexity index is 602. The van der Waals surface area contributed by atoms with E-state index in [-0.39, 0.29) is 16.5 Å². The summed E-state index contributed by atoms with van der Waals surface area (Å²) in [5.74, 6) is -0.818. The van der Waals surface area contributed by atoms with Crippen molar-refractivity contribution in [2.45, 2.75) is 19.4 Å². The van der Waals surface area contributed by atoms with Gasteiger partial charge in [0.25, 0.3) is 5.91 Å². The van der Waals surface area contributed by atoms with Gasteiger partial charge in [-0.05, 0) is 32.0 Å². The molecule has 126 valence electrons. The number of nitrogens with zero attached hydrogens (tertiary/aromatic N) is 3. The summed E-state index contributed by atoms with van der Waals surface area (Å²) in [6, 6.07) is 3.30. The molecule has 6 heteroatoms. The van der Waals surface area contributed by atoms with Gasteiger partial charge in [0.15, 0.2) is 0 Å². The van der Waals surface area contributed by atoms with Crippen LogP contribution in [0, 0.1) is 12.7 Å². The highest BCUT2D eigenvalue weighted by Crippen LogP contribution is 2.27. The van der Waals surface area contributed by atoms with Crippen molar-refractivity contribution >= 4 is 17.5 Å².